The summed E-state index contributed by atoms with van der Waals surface area (Å²) in [5.41, 5.74) is -0.539. The van der Waals surface area contributed by atoms with E-state index < -0.39 is 5.60 Å². The second-order valence-corrected chi connectivity index (χ2v) is 4.71. The van der Waals surface area contributed by atoms with E-state index in [1.165, 1.54) is 0 Å². The van der Waals surface area contributed by atoms with Gasteiger partial charge in [0.1, 0.15) is 5.60 Å². The van der Waals surface area contributed by atoms with Crippen molar-refractivity contribution in [1.82, 2.24) is 10.2 Å². The molecule has 2 atom stereocenters. The zero-order valence-electron chi connectivity index (χ0n) is 9.58. The largest absolute Gasteiger partial charge is 0.365 e. The number of ether oxygens (including phenoxy) is 1. The fourth-order valence-corrected chi connectivity index (χ4v) is 2.46. The van der Waals surface area contributed by atoms with Crippen LogP contribution in [0, 0.1) is 0 Å². The monoisotopic (exact) mass is 212 g/mol. The van der Waals surface area contributed by atoms with E-state index in [1.807, 2.05) is 18.9 Å². The highest BCUT2D eigenvalue weighted by Crippen LogP contribution is 2.28. The van der Waals surface area contributed by atoms with Gasteiger partial charge in [-0.05, 0) is 33.2 Å². The predicted octanol–water partition coefficient (Wildman–Crippen LogP) is 0.376. The first-order valence-corrected chi connectivity index (χ1v) is 5.76. The van der Waals surface area contributed by atoms with E-state index in [-0.39, 0.29) is 5.91 Å². The number of hydrogen-bond donors (Lipinski definition) is 1. The Labute approximate surface area is 91.0 Å². The van der Waals surface area contributed by atoms with E-state index in [2.05, 4.69) is 5.32 Å². The van der Waals surface area contributed by atoms with Crippen LogP contribution in [0.1, 0.15) is 26.2 Å². The molecule has 2 heterocycles. The standard InChI is InChI=1S/C11H20N2O2/c1-11(5-3-7-15-11)10(14)13-6-4-9(8-13)12-2/h9,12H,3-8H2,1-2H3. The van der Waals surface area contributed by atoms with Crippen LogP contribution in [0.3, 0.4) is 0 Å². The molecule has 0 spiro atoms. The number of likely N-dealkylation sites (tertiary alicyclic amines) is 1. The molecule has 0 aromatic carbocycles. The zero-order chi connectivity index (χ0) is 10.9. The number of hydrogen-bond acceptors (Lipinski definition) is 3. The van der Waals surface area contributed by atoms with Crippen molar-refractivity contribution in [2.45, 2.75) is 37.8 Å². The Morgan fingerprint density at radius 1 is 1.60 bits per heavy atom. The summed E-state index contributed by atoms with van der Waals surface area (Å²) >= 11 is 0. The number of nitrogens with zero attached hydrogens (tertiary/aromatic N) is 1. The Bertz CT molecular complexity index is 249. The Morgan fingerprint density at radius 2 is 2.40 bits per heavy atom. The molecule has 15 heavy (non-hydrogen) atoms. The summed E-state index contributed by atoms with van der Waals surface area (Å²) in [4.78, 5) is 14.1. The van der Waals surface area contributed by atoms with E-state index in [0.29, 0.717) is 6.04 Å². The Balaban J connectivity index is 1.96. The molecule has 1 amide bonds. The molecular formula is C11H20N2O2. The van der Waals surface area contributed by atoms with E-state index in [9.17, 15) is 4.79 Å². The van der Waals surface area contributed by atoms with Gasteiger partial charge in [-0.1, -0.05) is 0 Å². The van der Waals surface area contributed by atoms with Crippen LogP contribution in [0.5, 0.6) is 0 Å². The maximum absolute atomic E-state index is 12.2. The minimum absolute atomic E-state index is 0.178. The van der Waals surface area contributed by atoms with Crippen LogP contribution in [-0.4, -0.2) is 49.2 Å². The van der Waals surface area contributed by atoms with Crippen LogP contribution >= 0.6 is 0 Å². The van der Waals surface area contributed by atoms with E-state index in [4.69, 9.17) is 4.74 Å². The van der Waals surface area contributed by atoms with Crippen molar-refractivity contribution in [3.05, 3.63) is 0 Å². The molecule has 0 saturated carbocycles. The minimum atomic E-state index is -0.539. The van der Waals surface area contributed by atoms with Gasteiger partial charge in [0, 0.05) is 25.7 Å². The van der Waals surface area contributed by atoms with Crippen molar-refractivity contribution < 1.29 is 9.53 Å². The first-order valence-electron chi connectivity index (χ1n) is 5.76. The van der Waals surface area contributed by atoms with Gasteiger partial charge in [0.25, 0.3) is 5.91 Å². The van der Waals surface area contributed by atoms with Crippen LogP contribution in [0.15, 0.2) is 0 Å². The maximum atomic E-state index is 12.2. The molecule has 2 fully saturated rings. The van der Waals surface area contributed by atoms with Gasteiger partial charge in [-0.3, -0.25) is 4.79 Å². The van der Waals surface area contributed by atoms with Crippen LogP contribution in [0.4, 0.5) is 0 Å². The van der Waals surface area contributed by atoms with Crippen LogP contribution < -0.4 is 5.32 Å². The van der Waals surface area contributed by atoms with Gasteiger partial charge in [-0.15, -0.1) is 0 Å². The fourth-order valence-electron chi connectivity index (χ4n) is 2.46. The summed E-state index contributed by atoms with van der Waals surface area (Å²) in [6, 6.07) is 0.457. The molecule has 0 aliphatic carbocycles. The highest BCUT2D eigenvalue weighted by atomic mass is 16.5. The maximum Gasteiger partial charge on any atom is 0.254 e. The number of amides is 1. The van der Waals surface area contributed by atoms with Crippen molar-refractivity contribution in [1.29, 1.82) is 0 Å². The Kier molecular flexibility index (Phi) is 2.98. The van der Waals surface area contributed by atoms with Crippen LogP contribution in [0.2, 0.25) is 0 Å². The highest BCUT2D eigenvalue weighted by Gasteiger charge is 2.42. The molecule has 2 unspecified atom stereocenters. The minimum Gasteiger partial charge on any atom is -0.365 e. The lowest BCUT2D eigenvalue weighted by Crippen LogP contribution is -2.46. The van der Waals surface area contributed by atoms with E-state index >= 15 is 0 Å². The molecule has 2 rings (SSSR count). The summed E-state index contributed by atoms with van der Waals surface area (Å²) < 4.78 is 5.57. The van der Waals surface area contributed by atoms with E-state index in [1.54, 1.807) is 0 Å². The van der Waals surface area contributed by atoms with Crippen LogP contribution in [0.25, 0.3) is 0 Å². The van der Waals surface area contributed by atoms with Gasteiger partial charge >= 0.3 is 0 Å². The third-order valence-electron chi connectivity index (χ3n) is 3.55. The molecular weight excluding hydrogens is 192 g/mol. The molecule has 2 aliphatic heterocycles. The van der Waals surface area contributed by atoms with Gasteiger partial charge in [0.05, 0.1) is 0 Å². The van der Waals surface area contributed by atoms with Gasteiger partial charge in [0.2, 0.25) is 0 Å². The molecule has 0 aromatic rings. The zero-order valence-corrected chi connectivity index (χ0v) is 9.58. The molecule has 4 nitrogen and oxygen atoms in total. The third-order valence-corrected chi connectivity index (χ3v) is 3.55. The number of carbonyl (C=O) groups excluding carboxylic acids is 1. The molecule has 4 heteroatoms. The molecule has 0 bridgehead atoms. The van der Waals surface area contributed by atoms with Crippen molar-refractivity contribution in [2.75, 3.05) is 26.7 Å². The second kappa shape index (κ2) is 4.10. The molecule has 2 saturated heterocycles. The van der Waals surface area contributed by atoms with Crippen molar-refractivity contribution >= 4 is 5.91 Å². The average molecular weight is 212 g/mol. The average Bonchev–Trinajstić information content (AvgIpc) is 2.85. The summed E-state index contributed by atoms with van der Waals surface area (Å²) in [6.07, 6.45) is 2.93. The first kappa shape index (κ1) is 10.9. The number of nitrogens with one attached hydrogen (secondary N) is 1. The SMILES string of the molecule is CNC1CCN(C(=O)C2(C)CCCO2)C1. The second-order valence-electron chi connectivity index (χ2n) is 4.71. The Hall–Kier alpha value is -0.610. The summed E-state index contributed by atoms with van der Waals surface area (Å²) in [5, 5.41) is 3.22. The topological polar surface area (TPSA) is 41.6 Å². The van der Waals surface area contributed by atoms with Gasteiger partial charge in [-0.2, -0.15) is 0 Å². The van der Waals surface area contributed by atoms with E-state index in [0.717, 1.165) is 39.0 Å². The molecule has 86 valence electrons. The van der Waals surface area contributed by atoms with Crippen molar-refractivity contribution in [2.24, 2.45) is 0 Å². The number of likely N-dealkylation sites (N-methyl/N-ethyl adjacent to an activating group) is 1. The predicted molar refractivity (Wildman–Crippen MR) is 57.6 cm³/mol. The smallest absolute Gasteiger partial charge is 0.254 e. The Morgan fingerprint density at radius 3 is 2.93 bits per heavy atom. The highest BCUT2D eigenvalue weighted by molar-refractivity contribution is 5.85. The fraction of sp³-hybridized carbons (Fsp3) is 0.909. The lowest BCUT2D eigenvalue weighted by molar-refractivity contribution is -0.149. The van der Waals surface area contributed by atoms with Gasteiger partial charge < -0.3 is 15.0 Å². The third kappa shape index (κ3) is 2.01. The molecule has 0 aromatic heterocycles. The first-order chi connectivity index (χ1) is 7.15. The van der Waals surface area contributed by atoms with Crippen molar-refractivity contribution in [3.63, 3.8) is 0 Å². The normalized spacial score (nSPS) is 36.1. The molecule has 2 aliphatic rings. The van der Waals surface area contributed by atoms with Crippen molar-refractivity contribution in [3.8, 4) is 0 Å². The van der Waals surface area contributed by atoms with Gasteiger partial charge in [0.15, 0.2) is 0 Å². The summed E-state index contributed by atoms with van der Waals surface area (Å²) in [5.74, 6) is 0.178. The van der Waals surface area contributed by atoms with Crippen LogP contribution in [-0.2, 0) is 9.53 Å². The quantitative estimate of drug-likeness (QED) is 0.719. The lowest BCUT2D eigenvalue weighted by atomic mass is 10.0. The molecule has 1 N–H and O–H groups in total. The summed E-state index contributed by atoms with van der Waals surface area (Å²) in [7, 11) is 1.95. The lowest BCUT2D eigenvalue weighted by Gasteiger charge is -2.28. The summed E-state index contributed by atoms with van der Waals surface area (Å²) in [6.45, 7) is 4.35. The number of carbonyl (C=O) groups is 1. The molecule has 0 radical (unpaired) electrons. The van der Waals surface area contributed by atoms with Gasteiger partial charge in [-0.25, -0.2) is 0 Å². The number of rotatable bonds is 2.